The smallest absolute Gasteiger partial charge is 0.329 e. The van der Waals surface area contributed by atoms with Crippen molar-refractivity contribution in [2.45, 2.75) is 0 Å². The predicted molar refractivity (Wildman–Crippen MR) is 76.5 cm³/mol. The van der Waals surface area contributed by atoms with E-state index in [1.807, 2.05) is 0 Å². The number of methoxy groups -OCH3 is 2. The lowest BCUT2D eigenvalue weighted by atomic mass is 10.2. The van der Waals surface area contributed by atoms with Gasteiger partial charge in [0.15, 0.2) is 0 Å². The molecule has 1 heterocycles. The van der Waals surface area contributed by atoms with Crippen LogP contribution >= 0.6 is 11.6 Å². The fourth-order valence-corrected chi connectivity index (χ4v) is 1.75. The van der Waals surface area contributed by atoms with Crippen molar-refractivity contribution in [2.24, 2.45) is 0 Å². The van der Waals surface area contributed by atoms with E-state index >= 15 is 0 Å². The second-order valence-electron chi connectivity index (χ2n) is 3.82. The zero-order valence-corrected chi connectivity index (χ0v) is 11.9. The number of halogens is 1. The number of nitro groups is 1. The molecule has 1 aromatic carbocycles. The molecule has 0 fully saturated rings. The number of hydrogen-bond donors (Lipinski definition) is 1. The first-order chi connectivity index (χ1) is 10.0. The zero-order valence-electron chi connectivity index (χ0n) is 11.2. The summed E-state index contributed by atoms with van der Waals surface area (Å²) in [4.78, 5) is 17.8. The van der Waals surface area contributed by atoms with Crippen LogP contribution < -0.4 is 14.8 Å². The number of ether oxygens (including phenoxy) is 2. The largest absolute Gasteiger partial charge is 0.497 e. The fourth-order valence-electron chi connectivity index (χ4n) is 1.62. The van der Waals surface area contributed by atoms with E-state index in [-0.39, 0.29) is 16.8 Å². The molecule has 0 unspecified atom stereocenters. The van der Waals surface area contributed by atoms with Gasteiger partial charge in [-0.3, -0.25) is 10.1 Å². The number of nitrogens with zero attached hydrogens (tertiary/aromatic N) is 3. The first kappa shape index (κ1) is 14.8. The van der Waals surface area contributed by atoms with Gasteiger partial charge in [0.25, 0.3) is 0 Å². The molecule has 110 valence electrons. The maximum Gasteiger partial charge on any atom is 0.329 e. The summed E-state index contributed by atoms with van der Waals surface area (Å²) in [6, 6.07) is 4.99. The second-order valence-corrected chi connectivity index (χ2v) is 4.16. The van der Waals surface area contributed by atoms with E-state index in [9.17, 15) is 10.1 Å². The Bertz CT molecular complexity index is 680. The van der Waals surface area contributed by atoms with Gasteiger partial charge in [-0.25, -0.2) is 4.98 Å². The van der Waals surface area contributed by atoms with E-state index in [0.717, 1.165) is 6.20 Å². The van der Waals surface area contributed by atoms with E-state index < -0.39 is 4.92 Å². The summed E-state index contributed by atoms with van der Waals surface area (Å²) in [7, 11) is 2.99. The molecule has 2 aromatic rings. The number of nitrogens with one attached hydrogen (secondary N) is 1. The van der Waals surface area contributed by atoms with Crippen molar-refractivity contribution in [3.05, 3.63) is 39.8 Å². The Morgan fingerprint density at radius 2 is 2.10 bits per heavy atom. The van der Waals surface area contributed by atoms with Crippen LogP contribution in [0.2, 0.25) is 5.28 Å². The maximum absolute atomic E-state index is 11.0. The van der Waals surface area contributed by atoms with Crippen LogP contribution in [0.5, 0.6) is 11.5 Å². The predicted octanol–water partition coefficient (Wildman–Crippen LogP) is 2.80. The van der Waals surface area contributed by atoms with Crippen molar-refractivity contribution in [1.29, 1.82) is 0 Å². The third-order valence-corrected chi connectivity index (χ3v) is 2.78. The highest BCUT2D eigenvalue weighted by molar-refractivity contribution is 6.28. The Morgan fingerprint density at radius 3 is 2.71 bits per heavy atom. The van der Waals surface area contributed by atoms with Crippen molar-refractivity contribution in [1.82, 2.24) is 9.97 Å². The van der Waals surface area contributed by atoms with Crippen LogP contribution in [0.1, 0.15) is 0 Å². The van der Waals surface area contributed by atoms with Gasteiger partial charge in [-0.1, -0.05) is 0 Å². The van der Waals surface area contributed by atoms with Crippen molar-refractivity contribution in [3.63, 3.8) is 0 Å². The van der Waals surface area contributed by atoms with Crippen molar-refractivity contribution in [2.75, 3.05) is 19.5 Å². The molecule has 1 N–H and O–H groups in total. The lowest BCUT2D eigenvalue weighted by molar-refractivity contribution is -0.384. The normalized spacial score (nSPS) is 10.0. The average Bonchev–Trinajstić information content (AvgIpc) is 2.47. The molecule has 0 bridgehead atoms. The quantitative estimate of drug-likeness (QED) is 0.515. The third-order valence-electron chi connectivity index (χ3n) is 2.60. The molecule has 0 aliphatic heterocycles. The summed E-state index contributed by atoms with van der Waals surface area (Å²) >= 11 is 5.68. The van der Waals surface area contributed by atoms with E-state index in [1.165, 1.54) is 14.2 Å². The molecule has 1 aromatic heterocycles. The molecule has 0 spiro atoms. The molecule has 0 saturated heterocycles. The van der Waals surface area contributed by atoms with Crippen LogP contribution in [0.25, 0.3) is 0 Å². The second kappa shape index (κ2) is 6.23. The summed E-state index contributed by atoms with van der Waals surface area (Å²) in [6.45, 7) is 0. The molecule has 9 heteroatoms. The molecular weight excluding hydrogens is 300 g/mol. The van der Waals surface area contributed by atoms with Gasteiger partial charge >= 0.3 is 5.69 Å². The highest BCUT2D eigenvalue weighted by Crippen LogP contribution is 2.33. The summed E-state index contributed by atoms with van der Waals surface area (Å²) in [6.07, 6.45) is 1.03. The minimum atomic E-state index is -0.606. The Balaban J connectivity index is 2.46. The highest BCUT2D eigenvalue weighted by Gasteiger charge is 2.18. The number of aromatic nitrogens is 2. The Kier molecular flexibility index (Phi) is 4.39. The monoisotopic (exact) mass is 310 g/mol. The molecule has 0 aliphatic rings. The average molecular weight is 311 g/mol. The first-order valence-electron chi connectivity index (χ1n) is 5.71. The number of benzene rings is 1. The summed E-state index contributed by atoms with van der Waals surface area (Å²) < 4.78 is 10.3. The van der Waals surface area contributed by atoms with Crippen molar-refractivity contribution < 1.29 is 14.4 Å². The Hall–Kier alpha value is -2.61. The lowest BCUT2D eigenvalue weighted by Gasteiger charge is -2.12. The van der Waals surface area contributed by atoms with Crippen molar-refractivity contribution in [3.8, 4) is 11.5 Å². The standard InChI is InChI=1S/C12H11ClN4O4/c1-20-7-3-4-10(21-2)8(5-7)15-11-9(17(18)19)6-14-12(13)16-11/h3-6H,1-2H3,(H,14,15,16). The van der Waals surface area contributed by atoms with Gasteiger partial charge in [0, 0.05) is 6.07 Å². The molecule has 0 aliphatic carbocycles. The summed E-state index contributed by atoms with van der Waals surface area (Å²) in [5, 5.41) is 13.7. The molecule has 0 radical (unpaired) electrons. The topological polar surface area (TPSA) is 99.4 Å². The van der Waals surface area contributed by atoms with E-state index in [4.69, 9.17) is 21.1 Å². The van der Waals surface area contributed by atoms with Gasteiger partial charge in [0.05, 0.1) is 24.8 Å². The van der Waals surface area contributed by atoms with E-state index in [0.29, 0.717) is 17.2 Å². The Morgan fingerprint density at radius 1 is 1.33 bits per heavy atom. The minimum Gasteiger partial charge on any atom is -0.497 e. The van der Waals surface area contributed by atoms with Crippen LogP contribution in [-0.4, -0.2) is 29.1 Å². The highest BCUT2D eigenvalue weighted by atomic mass is 35.5. The van der Waals surface area contributed by atoms with Crippen LogP contribution in [0.4, 0.5) is 17.2 Å². The molecular formula is C12H11ClN4O4. The van der Waals surface area contributed by atoms with Crippen LogP contribution in [-0.2, 0) is 0 Å². The van der Waals surface area contributed by atoms with E-state index in [2.05, 4.69) is 15.3 Å². The zero-order chi connectivity index (χ0) is 15.4. The lowest BCUT2D eigenvalue weighted by Crippen LogP contribution is -2.02. The van der Waals surface area contributed by atoms with Crippen molar-refractivity contribution >= 4 is 28.8 Å². The van der Waals surface area contributed by atoms with E-state index in [1.54, 1.807) is 18.2 Å². The molecule has 0 atom stereocenters. The summed E-state index contributed by atoms with van der Waals surface area (Å²) in [5.41, 5.74) is 0.152. The molecule has 2 rings (SSSR count). The number of hydrogen-bond acceptors (Lipinski definition) is 7. The first-order valence-corrected chi connectivity index (χ1v) is 6.09. The minimum absolute atomic E-state index is 0.0356. The van der Waals surface area contributed by atoms with Gasteiger partial charge in [0.1, 0.15) is 17.7 Å². The van der Waals surface area contributed by atoms with Gasteiger partial charge in [0.2, 0.25) is 11.1 Å². The molecule has 8 nitrogen and oxygen atoms in total. The van der Waals surface area contributed by atoms with Crippen LogP contribution in [0, 0.1) is 10.1 Å². The SMILES string of the molecule is COc1ccc(OC)c(Nc2nc(Cl)ncc2[N+](=O)[O-])c1. The van der Waals surface area contributed by atoms with Gasteiger partial charge < -0.3 is 14.8 Å². The van der Waals surface area contributed by atoms with Gasteiger partial charge in [-0.2, -0.15) is 4.98 Å². The molecule has 21 heavy (non-hydrogen) atoms. The fraction of sp³-hybridized carbons (Fsp3) is 0.167. The van der Waals surface area contributed by atoms with Crippen LogP contribution in [0.3, 0.4) is 0 Å². The molecule has 0 saturated carbocycles. The summed E-state index contributed by atoms with van der Waals surface area (Å²) in [5.74, 6) is 0.993. The third kappa shape index (κ3) is 3.29. The van der Waals surface area contributed by atoms with Gasteiger partial charge in [-0.05, 0) is 23.7 Å². The Labute approximate surface area is 124 Å². The van der Waals surface area contributed by atoms with Gasteiger partial charge in [-0.15, -0.1) is 0 Å². The number of anilines is 2. The maximum atomic E-state index is 11.0. The molecule has 0 amide bonds. The van der Waals surface area contributed by atoms with Crippen LogP contribution in [0.15, 0.2) is 24.4 Å². The number of rotatable bonds is 5.